The van der Waals surface area contributed by atoms with Crippen LogP contribution in [0.1, 0.15) is 105 Å². The molecule has 0 aliphatic carbocycles. The van der Waals surface area contributed by atoms with Gasteiger partial charge in [-0.05, 0) is 248 Å². The Balaban J connectivity index is 0.000000113. The Morgan fingerprint density at radius 1 is 0.121 bits per heavy atom. The lowest BCUT2D eigenvalue weighted by molar-refractivity contribution is 0.590. The summed E-state index contributed by atoms with van der Waals surface area (Å²) in [6, 6.07) is 155. The monoisotopic (exact) mass is 1590 g/mol. The van der Waals surface area contributed by atoms with E-state index in [0.29, 0.717) is 0 Å². The molecule has 0 aliphatic rings. The zero-order valence-electron chi connectivity index (χ0n) is 73.4. The molecule has 0 bridgehead atoms. The fourth-order valence-corrected chi connectivity index (χ4v) is 18.9. The fraction of sp³-hybridized carbons (Fsp3) is 0.129. The van der Waals surface area contributed by atoms with E-state index in [9.17, 15) is 0 Å². The smallest absolute Gasteiger partial charge is 0.00263 e. The summed E-state index contributed by atoms with van der Waals surface area (Å²) >= 11 is 0. The Bertz CT molecular complexity index is 7370. The Labute approximate surface area is 732 Å². The Morgan fingerprint density at radius 3 is 0.750 bits per heavy atom. The van der Waals surface area contributed by atoms with Crippen LogP contribution in [0.5, 0.6) is 0 Å². The molecule has 21 rings (SSSR count). The van der Waals surface area contributed by atoms with Crippen molar-refractivity contribution < 1.29 is 0 Å². The molecule has 0 nitrogen and oxygen atoms in total. The standard InChI is InChI=1S/C34H28.3C30H26/c1-34(2,3)33-30-16-10-9-15-28(30)32(27-18-17-24-13-7-8-14-25(24)21-27)29-20-19-26(22-31(29)33)23-11-5-4-6-12-23;1-30(2,3)23-18-19-26-27(20-23)29(22-14-8-5-9-15-22)25-17-11-10-16-24(25)28(26)21-12-6-4-7-13-21;1-30(2,3)23-15-11-14-22(20-23)29-26-18-9-7-16-24(26)28(21-12-5-4-6-13-21)25-17-8-10-19-27(25)29;1-30(2,3)23-19-17-22(18-20-23)29-26-15-9-7-13-24(26)28(21-11-5-4-6-12-21)25-14-8-10-16-27(25)29/h4-22H,1-3H3;3*4-20H,1-3H3. The van der Waals surface area contributed by atoms with Crippen LogP contribution in [0.4, 0.5) is 0 Å². The van der Waals surface area contributed by atoms with Gasteiger partial charge in [0, 0.05) is 0 Å². The molecule has 0 N–H and O–H groups in total. The third-order valence-corrected chi connectivity index (χ3v) is 25.0. The third kappa shape index (κ3) is 16.0. The van der Waals surface area contributed by atoms with Gasteiger partial charge >= 0.3 is 0 Å². The van der Waals surface area contributed by atoms with Crippen molar-refractivity contribution in [2.75, 3.05) is 0 Å². The molecule has 0 spiro atoms. The van der Waals surface area contributed by atoms with Crippen molar-refractivity contribution >= 4 is 97.0 Å². The number of benzene rings is 21. The molecule has 21 aromatic rings. The molecule has 0 amide bonds. The van der Waals surface area contributed by atoms with Gasteiger partial charge in [-0.25, -0.2) is 0 Å². The predicted octanol–water partition coefficient (Wildman–Crippen LogP) is 35.7. The molecule has 0 fully saturated rings. The maximum Gasteiger partial charge on any atom is -0.00263 e. The van der Waals surface area contributed by atoms with Gasteiger partial charge in [-0.1, -0.05) is 490 Å². The van der Waals surface area contributed by atoms with E-state index in [1.807, 2.05) is 0 Å². The average Bonchev–Trinajstić information content (AvgIpc) is 0.735. The molecule has 0 heteroatoms. The normalized spacial score (nSPS) is 11.9. The van der Waals surface area contributed by atoms with E-state index < -0.39 is 0 Å². The molecule has 0 aromatic heterocycles. The van der Waals surface area contributed by atoms with Crippen LogP contribution in [-0.2, 0) is 21.7 Å². The van der Waals surface area contributed by atoms with Crippen LogP contribution in [-0.4, -0.2) is 0 Å². The minimum atomic E-state index is 0.00901. The number of hydrogen-bond acceptors (Lipinski definition) is 0. The van der Waals surface area contributed by atoms with Gasteiger partial charge in [0.15, 0.2) is 0 Å². The third-order valence-electron chi connectivity index (χ3n) is 25.0. The minimum absolute atomic E-state index is 0.00901. The van der Waals surface area contributed by atoms with Crippen LogP contribution in [0.3, 0.4) is 0 Å². The first-order valence-corrected chi connectivity index (χ1v) is 44.0. The van der Waals surface area contributed by atoms with E-state index in [2.05, 4.69) is 508 Å². The summed E-state index contributed by atoms with van der Waals surface area (Å²) in [5.41, 5.74) is 26.5. The highest BCUT2D eigenvalue weighted by atomic mass is 14.3. The van der Waals surface area contributed by atoms with E-state index in [0.717, 1.165) is 0 Å². The maximum atomic E-state index is 2.41. The van der Waals surface area contributed by atoms with Crippen LogP contribution in [0, 0.1) is 0 Å². The highest BCUT2D eigenvalue weighted by Gasteiger charge is 2.27. The maximum absolute atomic E-state index is 2.41. The van der Waals surface area contributed by atoms with Crippen molar-refractivity contribution in [2.24, 2.45) is 0 Å². The molecule has 21 aromatic carbocycles. The Kier molecular flexibility index (Phi) is 22.0. The van der Waals surface area contributed by atoms with Crippen LogP contribution in [0.25, 0.3) is 186 Å². The van der Waals surface area contributed by atoms with Crippen molar-refractivity contribution in [2.45, 2.75) is 105 Å². The van der Waals surface area contributed by atoms with Crippen LogP contribution in [0.2, 0.25) is 0 Å². The number of hydrogen-bond donors (Lipinski definition) is 0. The fourth-order valence-electron chi connectivity index (χ4n) is 18.9. The van der Waals surface area contributed by atoms with Gasteiger partial charge < -0.3 is 0 Å². The SMILES string of the molecule is CC(C)(C)c1c2ccccc2c(-c2ccc3ccccc3c2)c2ccc(-c3ccccc3)cc12.CC(C)(C)c1ccc(-c2c3ccccc3c(-c3ccccc3)c3ccccc23)cc1.CC(C)(C)c1ccc2c(-c3ccccc3)c3ccccc3c(-c3ccccc3)c2c1.CC(C)(C)c1cccc(-c2c3ccccc3c(-c3ccccc3)c3ccccc23)c1. The lowest BCUT2D eigenvalue weighted by Gasteiger charge is -2.26. The van der Waals surface area contributed by atoms with Crippen molar-refractivity contribution in [1.82, 2.24) is 0 Å². The van der Waals surface area contributed by atoms with Crippen molar-refractivity contribution in [3.8, 4) is 89.0 Å². The van der Waals surface area contributed by atoms with E-state index in [4.69, 9.17) is 0 Å². The molecule has 0 radical (unpaired) electrons. The van der Waals surface area contributed by atoms with Gasteiger partial charge in [-0.3, -0.25) is 0 Å². The quantitative estimate of drug-likeness (QED) is 0.133. The lowest BCUT2D eigenvalue weighted by atomic mass is 9.77. The first kappa shape index (κ1) is 81.0. The zero-order valence-corrected chi connectivity index (χ0v) is 73.4. The largest absolute Gasteiger partial charge is 0.0622 e. The van der Waals surface area contributed by atoms with Gasteiger partial charge in [0.05, 0.1) is 0 Å². The summed E-state index contributed by atoms with van der Waals surface area (Å²) < 4.78 is 0. The molecule has 0 saturated carbocycles. The summed E-state index contributed by atoms with van der Waals surface area (Å²) in [4.78, 5) is 0. The zero-order chi connectivity index (χ0) is 85.4. The van der Waals surface area contributed by atoms with Gasteiger partial charge in [0.2, 0.25) is 0 Å². The van der Waals surface area contributed by atoms with Crippen molar-refractivity contribution in [1.29, 1.82) is 0 Å². The van der Waals surface area contributed by atoms with Crippen molar-refractivity contribution in [3.63, 3.8) is 0 Å². The molecule has 124 heavy (non-hydrogen) atoms. The second-order valence-electron chi connectivity index (χ2n) is 37.3. The summed E-state index contributed by atoms with van der Waals surface area (Å²) in [5.74, 6) is 0. The Hall–Kier alpha value is -14.0. The lowest BCUT2D eigenvalue weighted by Crippen LogP contribution is -2.13. The molecule has 0 aliphatic heterocycles. The highest BCUT2D eigenvalue weighted by molar-refractivity contribution is 6.25. The van der Waals surface area contributed by atoms with E-state index in [-0.39, 0.29) is 21.7 Å². The van der Waals surface area contributed by atoms with Gasteiger partial charge in [0.1, 0.15) is 0 Å². The average molecular weight is 1600 g/mol. The van der Waals surface area contributed by atoms with Crippen LogP contribution >= 0.6 is 0 Å². The second-order valence-corrected chi connectivity index (χ2v) is 37.3. The van der Waals surface area contributed by atoms with E-state index >= 15 is 0 Å². The molecule has 0 saturated heterocycles. The summed E-state index contributed by atoms with van der Waals surface area (Å²) in [7, 11) is 0. The molecular weight excluding hydrogens is 1490 g/mol. The van der Waals surface area contributed by atoms with Crippen molar-refractivity contribution in [3.05, 3.63) is 447 Å². The molecule has 0 atom stereocenters. The van der Waals surface area contributed by atoms with Gasteiger partial charge in [0.25, 0.3) is 0 Å². The van der Waals surface area contributed by atoms with Crippen LogP contribution < -0.4 is 0 Å². The molecule has 0 heterocycles. The van der Waals surface area contributed by atoms with Crippen LogP contribution in [0.15, 0.2) is 425 Å². The predicted molar refractivity (Wildman–Crippen MR) is 542 cm³/mol. The Morgan fingerprint density at radius 2 is 0.371 bits per heavy atom. The molecule has 0 unspecified atom stereocenters. The van der Waals surface area contributed by atoms with Gasteiger partial charge in [-0.15, -0.1) is 0 Å². The van der Waals surface area contributed by atoms with E-state index in [1.54, 1.807) is 0 Å². The molecular formula is C124H106. The molecule has 602 valence electrons. The number of fused-ring (bicyclic) bond motifs is 9. The van der Waals surface area contributed by atoms with E-state index in [1.165, 1.54) is 208 Å². The van der Waals surface area contributed by atoms with Gasteiger partial charge in [-0.2, -0.15) is 0 Å². The first-order chi connectivity index (χ1) is 60.1. The first-order valence-electron chi connectivity index (χ1n) is 44.0. The summed E-state index contributed by atoms with van der Waals surface area (Å²) in [6.45, 7) is 27.5. The second kappa shape index (κ2) is 33.8. The number of rotatable bonds is 8. The summed E-state index contributed by atoms with van der Waals surface area (Å²) in [6.07, 6.45) is 0. The summed E-state index contributed by atoms with van der Waals surface area (Å²) in [5, 5.41) is 23.6. The topological polar surface area (TPSA) is 0 Å². The minimum Gasteiger partial charge on any atom is -0.0622 e. The highest BCUT2D eigenvalue weighted by Crippen LogP contribution is 2.51.